The zero-order valence-corrected chi connectivity index (χ0v) is 16.9. The Morgan fingerprint density at radius 2 is 1.80 bits per heavy atom. The Morgan fingerprint density at radius 3 is 2.40 bits per heavy atom. The maximum atomic E-state index is 13.1. The number of hydrogen-bond acceptors (Lipinski definition) is 4. The van der Waals surface area contributed by atoms with Gasteiger partial charge in [-0.3, -0.25) is 14.7 Å². The number of nitrogens with one attached hydrogen (secondary N) is 1. The number of alkyl halides is 3. The van der Waals surface area contributed by atoms with Crippen molar-refractivity contribution in [1.29, 1.82) is 0 Å². The first-order valence-corrected chi connectivity index (χ1v) is 9.49. The van der Waals surface area contributed by atoms with Crippen molar-refractivity contribution in [3.63, 3.8) is 0 Å². The number of nitrogens with zero attached hydrogens (tertiary/aromatic N) is 3. The van der Waals surface area contributed by atoms with Crippen LogP contribution in [0.15, 0.2) is 42.5 Å². The van der Waals surface area contributed by atoms with Crippen LogP contribution in [0.4, 0.5) is 19.1 Å². The lowest BCUT2D eigenvalue weighted by molar-refractivity contribution is -0.141. The SMILES string of the molecule is CC(C)Cn1c(NC(=O)C[C@](C)(O)c2ccccc2)nc2ccc(C(F)(F)F)nc21. The van der Waals surface area contributed by atoms with E-state index in [4.69, 9.17) is 0 Å². The Balaban J connectivity index is 1.92. The molecule has 160 valence electrons. The van der Waals surface area contributed by atoms with E-state index in [0.717, 1.165) is 6.07 Å². The molecule has 1 amide bonds. The maximum absolute atomic E-state index is 13.1. The molecule has 0 aliphatic carbocycles. The molecule has 2 heterocycles. The van der Waals surface area contributed by atoms with E-state index < -0.39 is 23.4 Å². The normalized spacial score (nSPS) is 14.1. The molecule has 30 heavy (non-hydrogen) atoms. The van der Waals surface area contributed by atoms with Crippen LogP contribution in [0, 0.1) is 5.92 Å². The summed E-state index contributed by atoms with van der Waals surface area (Å²) in [6.07, 6.45) is -4.83. The lowest BCUT2D eigenvalue weighted by Gasteiger charge is -2.23. The number of imidazole rings is 1. The first kappa shape index (κ1) is 21.8. The summed E-state index contributed by atoms with van der Waals surface area (Å²) in [6, 6.07) is 10.8. The van der Waals surface area contributed by atoms with E-state index >= 15 is 0 Å². The van der Waals surface area contributed by atoms with Crippen LogP contribution in [-0.2, 0) is 23.1 Å². The lowest BCUT2D eigenvalue weighted by Crippen LogP contribution is -2.29. The average Bonchev–Trinajstić information content (AvgIpc) is 2.97. The Labute approximate surface area is 171 Å². The Hall–Kier alpha value is -2.94. The van der Waals surface area contributed by atoms with Crippen molar-refractivity contribution < 1.29 is 23.1 Å². The summed E-state index contributed by atoms with van der Waals surface area (Å²) in [7, 11) is 0. The summed E-state index contributed by atoms with van der Waals surface area (Å²) in [6.45, 7) is 5.63. The number of rotatable bonds is 6. The Kier molecular flexibility index (Phi) is 5.85. The number of aliphatic hydroxyl groups is 1. The second-order valence-electron chi connectivity index (χ2n) is 7.84. The molecule has 3 aromatic rings. The second-order valence-corrected chi connectivity index (χ2v) is 7.84. The first-order valence-electron chi connectivity index (χ1n) is 9.49. The van der Waals surface area contributed by atoms with Crippen LogP contribution in [0.1, 0.15) is 38.4 Å². The molecular formula is C21H23F3N4O2. The number of benzene rings is 1. The predicted molar refractivity (Wildman–Crippen MR) is 107 cm³/mol. The van der Waals surface area contributed by atoms with E-state index in [0.29, 0.717) is 12.1 Å². The van der Waals surface area contributed by atoms with Crippen molar-refractivity contribution in [2.75, 3.05) is 5.32 Å². The standard InChI is InChI=1S/C21H23F3N4O2/c1-13(2)12-28-18-15(9-10-16(26-18)21(22,23)24)25-19(28)27-17(29)11-20(3,30)14-7-5-4-6-8-14/h4-10,13,30H,11-12H2,1-3H3,(H,25,27,29)/t20-/m0/s1. The van der Waals surface area contributed by atoms with Gasteiger partial charge in [0.1, 0.15) is 11.2 Å². The third-order valence-corrected chi connectivity index (χ3v) is 4.58. The van der Waals surface area contributed by atoms with Crippen molar-refractivity contribution in [1.82, 2.24) is 14.5 Å². The number of carbonyl (C=O) groups is 1. The van der Waals surface area contributed by atoms with Crippen molar-refractivity contribution >= 4 is 23.0 Å². The van der Waals surface area contributed by atoms with Crippen LogP contribution in [0.5, 0.6) is 0 Å². The van der Waals surface area contributed by atoms with Crippen molar-refractivity contribution in [2.24, 2.45) is 5.92 Å². The molecule has 2 aromatic heterocycles. The monoisotopic (exact) mass is 420 g/mol. The van der Waals surface area contributed by atoms with Crippen LogP contribution < -0.4 is 5.32 Å². The van der Waals surface area contributed by atoms with Gasteiger partial charge in [0.15, 0.2) is 5.65 Å². The highest BCUT2D eigenvalue weighted by molar-refractivity contribution is 5.91. The number of hydrogen-bond donors (Lipinski definition) is 2. The first-order chi connectivity index (χ1) is 14.0. The summed E-state index contributed by atoms with van der Waals surface area (Å²) in [5.74, 6) is -0.346. The molecule has 0 saturated carbocycles. The summed E-state index contributed by atoms with van der Waals surface area (Å²) in [4.78, 5) is 20.6. The molecule has 0 unspecified atom stereocenters. The van der Waals surface area contributed by atoms with E-state index in [1.54, 1.807) is 30.3 Å². The number of pyridine rings is 1. The fraction of sp³-hybridized carbons (Fsp3) is 0.381. The minimum Gasteiger partial charge on any atom is -0.385 e. The van der Waals surface area contributed by atoms with Crippen molar-refractivity contribution in [3.8, 4) is 0 Å². The maximum Gasteiger partial charge on any atom is 0.433 e. The zero-order chi connectivity index (χ0) is 22.1. The fourth-order valence-corrected chi connectivity index (χ4v) is 3.17. The van der Waals surface area contributed by atoms with Crippen LogP contribution in [-0.4, -0.2) is 25.5 Å². The van der Waals surface area contributed by atoms with Gasteiger partial charge in [-0.1, -0.05) is 44.2 Å². The number of anilines is 1. The van der Waals surface area contributed by atoms with Gasteiger partial charge in [-0.2, -0.15) is 13.2 Å². The molecule has 0 bridgehead atoms. The third-order valence-electron chi connectivity index (χ3n) is 4.58. The smallest absolute Gasteiger partial charge is 0.385 e. The largest absolute Gasteiger partial charge is 0.433 e. The number of halogens is 3. The molecule has 3 rings (SSSR count). The predicted octanol–water partition coefficient (Wildman–Crippen LogP) is 4.34. The highest BCUT2D eigenvalue weighted by Gasteiger charge is 2.33. The molecule has 9 heteroatoms. The fourth-order valence-electron chi connectivity index (χ4n) is 3.17. The molecule has 0 spiro atoms. The molecule has 0 aliphatic heterocycles. The van der Waals surface area contributed by atoms with Crippen LogP contribution in [0.25, 0.3) is 11.2 Å². The van der Waals surface area contributed by atoms with Gasteiger partial charge < -0.3 is 5.11 Å². The molecule has 1 atom stereocenters. The van der Waals surface area contributed by atoms with Crippen LogP contribution >= 0.6 is 0 Å². The van der Waals surface area contributed by atoms with Gasteiger partial charge in [0, 0.05) is 6.54 Å². The van der Waals surface area contributed by atoms with E-state index in [2.05, 4.69) is 15.3 Å². The van der Waals surface area contributed by atoms with E-state index in [1.807, 2.05) is 13.8 Å². The Bertz CT molecular complexity index is 1040. The molecule has 0 saturated heterocycles. The zero-order valence-electron chi connectivity index (χ0n) is 16.9. The van der Waals surface area contributed by atoms with Crippen LogP contribution in [0.2, 0.25) is 0 Å². The molecule has 0 radical (unpaired) electrons. The van der Waals surface area contributed by atoms with Gasteiger partial charge >= 0.3 is 6.18 Å². The van der Waals surface area contributed by atoms with E-state index in [9.17, 15) is 23.1 Å². The topological polar surface area (TPSA) is 80.0 Å². The number of fused-ring (bicyclic) bond motifs is 1. The number of amides is 1. The molecular weight excluding hydrogens is 397 g/mol. The van der Waals surface area contributed by atoms with Gasteiger partial charge in [-0.05, 0) is 30.5 Å². The highest BCUT2D eigenvalue weighted by Crippen LogP contribution is 2.30. The summed E-state index contributed by atoms with van der Waals surface area (Å²) < 4.78 is 40.7. The molecule has 1 aromatic carbocycles. The van der Waals surface area contributed by atoms with E-state index in [1.165, 1.54) is 17.6 Å². The van der Waals surface area contributed by atoms with Gasteiger partial charge in [-0.25, -0.2) is 9.97 Å². The molecule has 0 fully saturated rings. The van der Waals surface area contributed by atoms with Crippen LogP contribution in [0.3, 0.4) is 0 Å². The van der Waals surface area contributed by atoms with Gasteiger partial charge in [0.2, 0.25) is 11.9 Å². The second kappa shape index (κ2) is 8.06. The Morgan fingerprint density at radius 1 is 1.13 bits per heavy atom. The number of carbonyl (C=O) groups excluding carboxylic acids is 1. The lowest BCUT2D eigenvalue weighted by atomic mass is 9.92. The quantitative estimate of drug-likeness (QED) is 0.622. The minimum absolute atomic E-state index is 0.0450. The van der Waals surface area contributed by atoms with E-state index in [-0.39, 0.29) is 29.5 Å². The summed E-state index contributed by atoms with van der Waals surface area (Å²) in [5.41, 5.74) is -1.57. The molecule has 0 aliphatic rings. The molecule has 6 nitrogen and oxygen atoms in total. The summed E-state index contributed by atoms with van der Waals surface area (Å²) in [5, 5.41) is 13.3. The average molecular weight is 420 g/mol. The summed E-state index contributed by atoms with van der Waals surface area (Å²) >= 11 is 0. The molecule has 2 N–H and O–H groups in total. The van der Waals surface area contributed by atoms with Gasteiger partial charge in [0.25, 0.3) is 0 Å². The van der Waals surface area contributed by atoms with Crippen molar-refractivity contribution in [3.05, 3.63) is 53.7 Å². The van der Waals surface area contributed by atoms with Crippen molar-refractivity contribution in [2.45, 2.75) is 45.5 Å². The highest BCUT2D eigenvalue weighted by atomic mass is 19.4. The van der Waals surface area contributed by atoms with Gasteiger partial charge in [-0.15, -0.1) is 0 Å². The third kappa shape index (κ3) is 4.79. The minimum atomic E-state index is -4.58. The van der Waals surface area contributed by atoms with Gasteiger partial charge in [0.05, 0.1) is 12.0 Å². The number of aromatic nitrogens is 3.